The predicted octanol–water partition coefficient (Wildman–Crippen LogP) is 4.02. The van der Waals surface area contributed by atoms with Gasteiger partial charge in [-0.2, -0.15) is 13.2 Å². The van der Waals surface area contributed by atoms with Crippen molar-refractivity contribution in [2.75, 3.05) is 7.11 Å². The molecular weight excluding hydrogens is 299 g/mol. The zero-order chi connectivity index (χ0) is 15.9. The SMILES string of the molecule is COC(=O)c1nc(-c2cccc(C(F)(F)F)c2)oc1C1CC1. The average Bonchev–Trinajstić information content (AvgIpc) is 3.24. The fourth-order valence-electron chi connectivity index (χ4n) is 2.15. The fraction of sp³-hybridized carbons (Fsp3) is 0.333. The van der Waals surface area contributed by atoms with Gasteiger partial charge in [-0.1, -0.05) is 6.07 Å². The van der Waals surface area contributed by atoms with Crippen LogP contribution in [0.3, 0.4) is 0 Å². The molecule has 0 aliphatic heterocycles. The summed E-state index contributed by atoms with van der Waals surface area (Å²) >= 11 is 0. The average molecular weight is 311 g/mol. The van der Waals surface area contributed by atoms with Gasteiger partial charge in [0.1, 0.15) is 5.76 Å². The van der Waals surface area contributed by atoms with Crippen molar-refractivity contribution >= 4 is 5.97 Å². The number of esters is 1. The molecule has 1 aromatic carbocycles. The minimum Gasteiger partial charge on any atom is -0.464 e. The summed E-state index contributed by atoms with van der Waals surface area (Å²) in [5.74, 6) is -0.183. The summed E-state index contributed by atoms with van der Waals surface area (Å²) in [6.45, 7) is 0. The van der Waals surface area contributed by atoms with Crippen molar-refractivity contribution in [1.82, 2.24) is 4.98 Å². The Kier molecular flexibility index (Phi) is 3.42. The molecule has 1 fully saturated rings. The van der Waals surface area contributed by atoms with E-state index in [0.717, 1.165) is 25.0 Å². The number of aromatic nitrogens is 1. The number of oxazole rings is 1. The summed E-state index contributed by atoms with van der Waals surface area (Å²) in [6, 6.07) is 4.65. The number of ether oxygens (including phenoxy) is 1. The van der Waals surface area contributed by atoms with Crippen LogP contribution in [0.4, 0.5) is 13.2 Å². The maximum Gasteiger partial charge on any atom is 0.416 e. The first-order valence-electron chi connectivity index (χ1n) is 6.67. The third-order valence-electron chi connectivity index (χ3n) is 3.42. The van der Waals surface area contributed by atoms with E-state index in [1.165, 1.54) is 19.2 Å². The van der Waals surface area contributed by atoms with Gasteiger partial charge >= 0.3 is 12.1 Å². The third kappa shape index (κ3) is 2.70. The molecule has 1 heterocycles. The normalized spacial score (nSPS) is 14.9. The van der Waals surface area contributed by atoms with Gasteiger partial charge in [0.2, 0.25) is 5.89 Å². The molecule has 0 unspecified atom stereocenters. The highest BCUT2D eigenvalue weighted by Gasteiger charge is 2.35. The number of hydrogen-bond acceptors (Lipinski definition) is 4. The molecule has 4 nitrogen and oxygen atoms in total. The molecule has 0 spiro atoms. The first kappa shape index (κ1) is 14.6. The number of halogens is 3. The first-order valence-corrected chi connectivity index (χ1v) is 6.67. The highest BCUT2D eigenvalue weighted by atomic mass is 19.4. The molecule has 1 aromatic heterocycles. The standard InChI is InChI=1S/C15H12F3NO3/c1-21-14(20)11-12(8-5-6-8)22-13(19-11)9-3-2-4-10(7-9)15(16,17)18/h2-4,7-8H,5-6H2,1H3. The summed E-state index contributed by atoms with van der Waals surface area (Å²) in [5.41, 5.74) is -0.583. The third-order valence-corrected chi connectivity index (χ3v) is 3.42. The molecule has 116 valence electrons. The van der Waals surface area contributed by atoms with E-state index in [4.69, 9.17) is 4.42 Å². The number of methoxy groups -OCH3 is 1. The van der Waals surface area contributed by atoms with E-state index in [0.29, 0.717) is 5.76 Å². The second-order valence-electron chi connectivity index (χ2n) is 5.08. The predicted molar refractivity (Wildman–Crippen MR) is 70.3 cm³/mol. The summed E-state index contributed by atoms with van der Waals surface area (Å²) in [6.07, 6.45) is -2.73. The zero-order valence-electron chi connectivity index (χ0n) is 11.6. The van der Waals surface area contributed by atoms with Crippen LogP contribution in [-0.2, 0) is 10.9 Å². The highest BCUT2D eigenvalue weighted by Crippen LogP contribution is 2.43. The van der Waals surface area contributed by atoms with E-state index in [9.17, 15) is 18.0 Å². The monoisotopic (exact) mass is 311 g/mol. The van der Waals surface area contributed by atoms with Crippen LogP contribution in [0.2, 0.25) is 0 Å². The molecule has 0 bridgehead atoms. The first-order chi connectivity index (χ1) is 10.4. The summed E-state index contributed by atoms with van der Waals surface area (Å²) in [5, 5.41) is 0. The number of alkyl halides is 3. The van der Waals surface area contributed by atoms with Crippen molar-refractivity contribution in [3.63, 3.8) is 0 Å². The van der Waals surface area contributed by atoms with Crippen LogP contribution >= 0.6 is 0 Å². The Bertz CT molecular complexity index is 717. The Hall–Kier alpha value is -2.31. The molecule has 7 heteroatoms. The molecule has 3 rings (SSSR count). The second kappa shape index (κ2) is 5.15. The molecule has 2 aromatic rings. The van der Waals surface area contributed by atoms with Gasteiger partial charge in [-0.15, -0.1) is 0 Å². The molecule has 1 aliphatic carbocycles. The number of carbonyl (C=O) groups excluding carboxylic acids is 1. The molecule has 0 amide bonds. The van der Waals surface area contributed by atoms with Crippen LogP contribution in [0.5, 0.6) is 0 Å². The number of rotatable bonds is 3. The maximum atomic E-state index is 12.8. The Morgan fingerprint density at radius 1 is 1.36 bits per heavy atom. The Morgan fingerprint density at radius 2 is 2.09 bits per heavy atom. The van der Waals surface area contributed by atoms with E-state index in [2.05, 4.69) is 9.72 Å². The molecule has 22 heavy (non-hydrogen) atoms. The Balaban J connectivity index is 2.04. The van der Waals surface area contributed by atoms with E-state index in [1.807, 2.05) is 0 Å². The van der Waals surface area contributed by atoms with Gasteiger partial charge in [0.05, 0.1) is 12.7 Å². The van der Waals surface area contributed by atoms with E-state index >= 15 is 0 Å². The quantitative estimate of drug-likeness (QED) is 0.803. The van der Waals surface area contributed by atoms with Crippen molar-refractivity contribution in [1.29, 1.82) is 0 Å². The summed E-state index contributed by atoms with van der Waals surface area (Å²) < 4.78 is 48.5. The minimum absolute atomic E-state index is 0.00611. The summed E-state index contributed by atoms with van der Waals surface area (Å²) in [7, 11) is 1.22. The van der Waals surface area contributed by atoms with E-state index < -0.39 is 17.7 Å². The minimum atomic E-state index is -4.45. The van der Waals surface area contributed by atoms with Gasteiger partial charge < -0.3 is 9.15 Å². The molecule has 0 saturated heterocycles. The topological polar surface area (TPSA) is 52.3 Å². The molecule has 1 saturated carbocycles. The lowest BCUT2D eigenvalue weighted by atomic mass is 10.1. The van der Waals surface area contributed by atoms with Crippen LogP contribution in [0.25, 0.3) is 11.5 Å². The smallest absolute Gasteiger partial charge is 0.416 e. The Morgan fingerprint density at radius 3 is 2.68 bits per heavy atom. The number of hydrogen-bond donors (Lipinski definition) is 0. The van der Waals surface area contributed by atoms with Crippen LogP contribution in [0.15, 0.2) is 28.7 Å². The lowest BCUT2D eigenvalue weighted by Gasteiger charge is -2.06. The van der Waals surface area contributed by atoms with Gasteiger partial charge in [0.25, 0.3) is 0 Å². The fourth-order valence-corrected chi connectivity index (χ4v) is 2.15. The second-order valence-corrected chi connectivity index (χ2v) is 5.08. The zero-order valence-corrected chi connectivity index (χ0v) is 11.6. The highest BCUT2D eigenvalue weighted by molar-refractivity contribution is 5.89. The molecule has 0 radical (unpaired) electrons. The van der Waals surface area contributed by atoms with Crippen LogP contribution in [0, 0.1) is 0 Å². The van der Waals surface area contributed by atoms with Crippen LogP contribution in [-0.4, -0.2) is 18.1 Å². The van der Waals surface area contributed by atoms with Crippen molar-refractivity contribution < 1.29 is 27.1 Å². The molecule has 1 aliphatic rings. The van der Waals surface area contributed by atoms with Gasteiger partial charge in [-0.05, 0) is 31.0 Å². The van der Waals surface area contributed by atoms with E-state index in [-0.39, 0.29) is 23.1 Å². The number of benzene rings is 1. The maximum absolute atomic E-state index is 12.8. The largest absolute Gasteiger partial charge is 0.464 e. The van der Waals surface area contributed by atoms with E-state index in [1.54, 1.807) is 0 Å². The lowest BCUT2D eigenvalue weighted by Crippen LogP contribution is -2.05. The molecule has 0 N–H and O–H groups in total. The van der Waals surface area contributed by atoms with Crippen LogP contribution in [0.1, 0.15) is 40.6 Å². The van der Waals surface area contributed by atoms with Gasteiger partial charge in [-0.25, -0.2) is 9.78 Å². The Labute approximate surface area is 123 Å². The molecule has 0 atom stereocenters. The summed E-state index contributed by atoms with van der Waals surface area (Å²) in [4.78, 5) is 15.7. The van der Waals surface area contributed by atoms with Crippen molar-refractivity contribution in [2.24, 2.45) is 0 Å². The van der Waals surface area contributed by atoms with Gasteiger partial charge in [0.15, 0.2) is 5.69 Å². The van der Waals surface area contributed by atoms with Crippen molar-refractivity contribution in [3.05, 3.63) is 41.3 Å². The van der Waals surface area contributed by atoms with Crippen molar-refractivity contribution in [3.8, 4) is 11.5 Å². The van der Waals surface area contributed by atoms with Gasteiger partial charge in [0, 0.05) is 11.5 Å². The number of nitrogens with zero attached hydrogens (tertiary/aromatic N) is 1. The molecular formula is C15H12F3NO3. The number of carbonyl (C=O) groups is 1. The lowest BCUT2D eigenvalue weighted by molar-refractivity contribution is -0.137. The van der Waals surface area contributed by atoms with Gasteiger partial charge in [-0.3, -0.25) is 0 Å². The van der Waals surface area contributed by atoms with Crippen LogP contribution < -0.4 is 0 Å². The van der Waals surface area contributed by atoms with Crippen molar-refractivity contribution in [2.45, 2.75) is 24.9 Å².